The number of ketones is 1. The molecule has 2 N–H and O–H groups in total. The van der Waals surface area contributed by atoms with E-state index in [2.05, 4.69) is 32.1 Å². The van der Waals surface area contributed by atoms with E-state index in [9.17, 15) is 23.4 Å². The van der Waals surface area contributed by atoms with Gasteiger partial charge in [0.2, 0.25) is 0 Å². The molecular weight excluding hydrogens is 619 g/mol. The molecule has 0 saturated heterocycles. The second kappa shape index (κ2) is 11.6. The van der Waals surface area contributed by atoms with Crippen molar-refractivity contribution in [3.8, 4) is 0 Å². The minimum Gasteiger partial charge on any atom is -0.393 e. The molecule has 7 aliphatic carbocycles. The zero-order valence-corrected chi connectivity index (χ0v) is 29.5. The Bertz CT molecular complexity index is 1500. The molecule has 0 radical (unpaired) electrons. The summed E-state index contributed by atoms with van der Waals surface area (Å²) in [5, 5.41) is 25.6. The Morgan fingerprint density at radius 3 is 2.46 bits per heavy atom. The molecule has 1 aromatic rings. The summed E-state index contributed by atoms with van der Waals surface area (Å²) in [6.07, 6.45) is 17.8. The van der Waals surface area contributed by atoms with Crippen LogP contribution < -0.4 is 0 Å². The van der Waals surface area contributed by atoms with Gasteiger partial charge in [0.05, 0.1) is 11.7 Å². The molecule has 1 unspecified atom stereocenters. The van der Waals surface area contributed by atoms with Crippen molar-refractivity contribution in [2.24, 2.45) is 39.4 Å². The van der Waals surface area contributed by atoms with E-state index in [4.69, 9.17) is 4.74 Å². The van der Waals surface area contributed by atoms with E-state index < -0.39 is 26.5 Å². The first-order valence-corrected chi connectivity index (χ1v) is 20.1. The van der Waals surface area contributed by atoms with Crippen LogP contribution in [-0.4, -0.2) is 67.2 Å². The number of rotatable bonds is 10. The predicted molar refractivity (Wildman–Crippen MR) is 180 cm³/mol. The average Bonchev–Trinajstić information content (AvgIpc) is 3.68. The van der Waals surface area contributed by atoms with Gasteiger partial charge in [-0.05, 0) is 92.9 Å². The van der Waals surface area contributed by atoms with Crippen LogP contribution in [0, 0.1) is 39.4 Å². The van der Waals surface area contributed by atoms with E-state index in [1.807, 2.05) is 0 Å². The Hall–Kier alpha value is -1.36. The fraction of sp³-hybridized carbons (Fsp3) is 0.757. The summed E-state index contributed by atoms with van der Waals surface area (Å²) in [7, 11) is -2.18. The number of hydrogen-bond acceptors (Lipinski definition) is 7. The Labute approximate surface area is 279 Å². The number of carbonyl (C=O) groups is 1. The number of Topliss-reactive ketones (excluding diaryl/α,β-unsaturated/α-hetero) is 1. The SMILES string of the molecule is COCCCN(C[C@]1(O)CC[C@H]2[C@]34C=C[C@@]5(C=C3C(=O)C3CCCCC3)CC(O)CC[C@]5(C)[C@H]4CC[C@@]21C)S(=O)(=O)c1cccs1. The van der Waals surface area contributed by atoms with Crippen molar-refractivity contribution in [2.45, 2.75) is 113 Å². The predicted octanol–water partition coefficient (Wildman–Crippen LogP) is 6.52. The number of carbonyl (C=O) groups excluding carboxylic acids is 1. The Balaban J connectivity index is 1.30. The van der Waals surface area contributed by atoms with Crippen LogP contribution >= 0.6 is 11.3 Å². The van der Waals surface area contributed by atoms with Crippen LogP contribution in [0.5, 0.6) is 0 Å². The summed E-state index contributed by atoms with van der Waals surface area (Å²) in [5.74, 6) is 0.612. The zero-order valence-electron chi connectivity index (χ0n) is 27.9. The van der Waals surface area contributed by atoms with Crippen molar-refractivity contribution in [1.82, 2.24) is 4.31 Å². The Morgan fingerprint density at radius 2 is 1.74 bits per heavy atom. The molecule has 1 heterocycles. The Kier molecular flexibility index (Phi) is 8.37. The maximum absolute atomic E-state index is 14.8. The highest BCUT2D eigenvalue weighted by Gasteiger charge is 2.74. The molecule has 7 aliphatic rings. The molecule has 8 atom stereocenters. The molecule has 2 bridgehead atoms. The third-order valence-electron chi connectivity index (χ3n) is 14.2. The van der Waals surface area contributed by atoms with Crippen LogP contribution in [0.25, 0.3) is 0 Å². The summed E-state index contributed by atoms with van der Waals surface area (Å²) in [5.41, 5.74) is -1.75. The van der Waals surface area contributed by atoms with Gasteiger partial charge in [-0.1, -0.05) is 57.4 Å². The van der Waals surface area contributed by atoms with E-state index in [1.165, 1.54) is 22.1 Å². The first kappa shape index (κ1) is 33.2. The van der Waals surface area contributed by atoms with Gasteiger partial charge in [0, 0.05) is 54.5 Å². The second-order valence-electron chi connectivity index (χ2n) is 16.1. The van der Waals surface area contributed by atoms with Crippen molar-refractivity contribution < 1.29 is 28.2 Å². The molecule has 0 aromatic carbocycles. The number of nitrogens with zero attached hydrogens (tertiary/aromatic N) is 1. The molecule has 0 aliphatic heterocycles. The lowest BCUT2D eigenvalue weighted by Crippen LogP contribution is -2.67. The third-order valence-corrected chi connectivity index (χ3v) is 17.5. The van der Waals surface area contributed by atoms with Crippen LogP contribution in [-0.2, 0) is 19.6 Å². The van der Waals surface area contributed by atoms with Crippen molar-refractivity contribution in [3.63, 3.8) is 0 Å². The van der Waals surface area contributed by atoms with Crippen LogP contribution in [0.4, 0.5) is 0 Å². The highest BCUT2D eigenvalue weighted by Crippen LogP contribution is 2.78. The summed E-state index contributed by atoms with van der Waals surface area (Å²) in [6, 6.07) is 3.40. The van der Waals surface area contributed by atoms with Crippen LogP contribution in [0.15, 0.2) is 45.5 Å². The van der Waals surface area contributed by atoms with Crippen molar-refractivity contribution >= 4 is 27.1 Å². The normalized spacial score (nSPS) is 42.0. The quantitative estimate of drug-likeness (QED) is 0.217. The minimum atomic E-state index is -3.80. The molecule has 7 nitrogen and oxygen atoms in total. The lowest BCUT2D eigenvalue weighted by molar-refractivity contribution is -0.177. The van der Waals surface area contributed by atoms with E-state index in [0.717, 1.165) is 63.4 Å². The summed E-state index contributed by atoms with van der Waals surface area (Å²) >= 11 is 1.21. The van der Waals surface area contributed by atoms with Gasteiger partial charge in [0.25, 0.3) is 10.0 Å². The first-order chi connectivity index (χ1) is 21.9. The summed E-state index contributed by atoms with van der Waals surface area (Å²) < 4.78 is 35.0. The van der Waals surface area contributed by atoms with Crippen LogP contribution in [0.3, 0.4) is 0 Å². The average molecular weight is 672 g/mol. The second-order valence-corrected chi connectivity index (χ2v) is 19.2. The van der Waals surface area contributed by atoms with E-state index in [-0.39, 0.29) is 47.8 Å². The monoisotopic (exact) mass is 671 g/mol. The van der Waals surface area contributed by atoms with Crippen LogP contribution in [0.1, 0.15) is 97.3 Å². The number of sulfonamides is 1. The van der Waals surface area contributed by atoms with Gasteiger partial charge in [0.15, 0.2) is 5.78 Å². The highest BCUT2D eigenvalue weighted by atomic mass is 32.2. The molecule has 2 spiro atoms. The topological polar surface area (TPSA) is 104 Å². The zero-order chi connectivity index (χ0) is 32.6. The Morgan fingerprint density at radius 1 is 1.02 bits per heavy atom. The molecule has 9 heteroatoms. The fourth-order valence-corrected chi connectivity index (χ4v) is 14.4. The fourth-order valence-electron chi connectivity index (χ4n) is 11.7. The number of allylic oxidation sites excluding steroid dienone is 4. The number of hydrogen-bond donors (Lipinski definition) is 2. The summed E-state index contributed by atoms with van der Waals surface area (Å²) in [4.78, 5) is 14.8. The molecule has 0 amide bonds. The highest BCUT2D eigenvalue weighted by molar-refractivity contribution is 7.91. The summed E-state index contributed by atoms with van der Waals surface area (Å²) in [6.45, 7) is 5.36. The number of methoxy groups -OCH3 is 1. The molecule has 4 fully saturated rings. The number of thiophene rings is 1. The molecule has 46 heavy (non-hydrogen) atoms. The molecule has 4 saturated carbocycles. The number of ether oxygens (including phenoxy) is 1. The smallest absolute Gasteiger partial charge is 0.252 e. The van der Waals surface area contributed by atoms with Gasteiger partial charge >= 0.3 is 0 Å². The number of aliphatic hydroxyl groups is 2. The lowest BCUT2D eigenvalue weighted by Gasteiger charge is -2.71. The minimum absolute atomic E-state index is 0.0195. The largest absolute Gasteiger partial charge is 0.393 e. The van der Waals surface area contributed by atoms with Gasteiger partial charge in [0.1, 0.15) is 4.21 Å². The van der Waals surface area contributed by atoms with E-state index in [1.54, 1.807) is 24.6 Å². The maximum atomic E-state index is 14.8. The third kappa shape index (κ3) is 4.61. The molecular formula is C37H53NO6S2. The number of aliphatic hydroxyl groups excluding tert-OH is 1. The first-order valence-electron chi connectivity index (χ1n) is 17.8. The van der Waals surface area contributed by atoms with Gasteiger partial charge < -0.3 is 14.9 Å². The standard InChI is InChI=1S/C37H53NO6S2/c1-33-15-12-27(39)23-35(33)18-19-37(28(24-35)32(40)26-9-5-4-6-10-26)29(33)13-16-34(2)30(37)14-17-36(34,41)25-38(20-8-21-44-3)46(42,43)31-11-7-22-45-31/h7,11,18-19,22,24,26-27,29-30,39,41H,4-6,8-10,12-17,20-21,23,25H2,1-3H3/t27?,29-,30-,33-,34+,35+,36-,37-/m1/s1. The van der Waals surface area contributed by atoms with Crippen molar-refractivity contribution in [3.05, 3.63) is 41.3 Å². The van der Waals surface area contributed by atoms with E-state index in [0.29, 0.717) is 35.9 Å². The number of fused-ring (bicyclic) bond motifs is 1. The van der Waals surface area contributed by atoms with Gasteiger partial charge in [-0.2, -0.15) is 4.31 Å². The van der Waals surface area contributed by atoms with Crippen molar-refractivity contribution in [2.75, 3.05) is 26.8 Å². The van der Waals surface area contributed by atoms with Gasteiger partial charge in [-0.3, -0.25) is 4.79 Å². The van der Waals surface area contributed by atoms with Crippen molar-refractivity contribution in [1.29, 1.82) is 0 Å². The molecule has 254 valence electrons. The molecule has 1 aromatic heterocycles. The van der Waals surface area contributed by atoms with Gasteiger partial charge in [-0.15, -0.1) is 11.3 Å². The van der Waals surface area contributed by atoms with E-state index >= 15 is 0 Å². The van der Waals surface area contributed by atoms with Crippen LogP contribution in [0.2, 0.25) is 0 Å². The maximum Gasteiger partial charge on any atom is 0.252 e. The van der Waals surface area contributed by atoms with Gasteiger partial charge in [-0.25, -0.2) is 8.42 Å². The molecule has 8 rings (SSSR count). The lowest BCUT2D eigenvalue weighted by atomic mass is 9.32.